The van der Waals surface area contributed by atoms with Crippen LogP contribution in [0.1, 0.15) is 13.3 Å². The highest BCUT2D eigenvalue weighted by atomic mass is 16.5. The summed E-state index contributed by atoms with van der Waals surface area (Å²) in [4.78, 5) is 32.7. The second kappa shape index (κ2) is 8.58. The Kier molecular flexibility index (Phi) is 5.96. The fraction of sp³-hybridized carbons (Fsp3) is 0.350. The molecule has 1 fully saturated rings. The molecule has 0 amide bonds. The molecule has 1 aromatic heterocycles. The number of carbonyl (C=O) groups is 2. The lowest BCUT2D eigenvalue weighted by Gasteiger charge is -2.39. The van der Waals surface area contributed by atoms with Crippen molar-refractivity contribution in [1.29, 1.82) is 0 Å². The van der Waals surface area contributed by atoms with E-state index in [4.69, 9.17) is 4.74 Å². The number of esters is 1. The minimum absolute atomic E-state index is 0.00706. The average molecular weight is 353 g/mol. The number of piperazine rings is 1. The second-order valence-electron chi connectivity index (χ2n) is 6.35. The summed E-state index contributed by atoms with van der Waals surface area (Å²) in [6.07, 6.45) is 3.62. The molecule has 2 aromatic rings. The maximum atomic E-state index is 12.2. The summed E-state index contributed by atoms with van der Waals surface area (Å²) in [5.41, 5.74) is 1.13. The number of pyridine rings is 1. The zero-order valence-corrected chi connectivity index (χ0v) is 14.9. The van der Waals surface area contributed by atoms with Crippen molar-refractivity contribution in [3.05, 3.63) is 54.9 Å². The number of nitrogens with zero attached hydrogens (tertiary/aromatic N) is 3. The Hall–Kier alpha value is -2.73. The molecule has 0 N–H and O–H groups in total. The Morgan fingerprint density at radius 3 is 2.31 bits per heavy atom. The third-order valence-corrected chi connectivity index (χ3v) is 4.59. The number of aromatic nitrogens is 1. The van der Waals surface area contributed by atoms with E-state index in [2.05, 4.69) is 14.8 Å². The molecule has 0 bridgehead atoms. The van der Waals surface area contributed by atoms with Gasteiger partial charge in [0.25, 0.3) is 0 Å². The van der Waals surface area contributed by atoms with E-state index in [9.17, 15) is 9.59 Å². The Bertz CT molecular complexity index is 728. The first-order chi connectivity index (χ1) is 12.6. The molecule has 1 saturated heterocycles. The predicted octanol–water partition coefficient (Wildman–Crippen LogP) is 2.16. The maximum absolute atomic E-state index is 12.2. The van der Waals surface area contributed by atoms with Crippen LogP contribution in [0.15, 0.2) is 54.9 Å². The summed E-state index contributed by atoms with van der Waals surface area (Å²) in [6, 6.07) is 12.5. The minimum atomic E-state index is -0.439. The first-order valence-electron chi connectivity index (χ1n) is 8.78. The van der Waals surface area contributed by atoms with Crippen LogP contribution in [0.5, 0.6) is 5.75 Å². The van der Waals surface area contributed by atoms with Crippen molar-refractivity contribution in [3.63, 3.8) is 0 Å². The largest absolute Gasteiger partial charge is 0.426 e. The van der Waals surface area contributed by atoms with E-state index in [1.807, 2.05) is 30.3 Å². The van der Waals surface area contributed by atoms with E-state index >= 15 is 0 Å². The van der Waals surface area contributed by atoms with E-state index in [1.165, 1.54) is 6.92 Å². The molecule has 0 saturated carbocycles. The van der Waals surface area contributed by atoms with Crippen LogP contribution < -0.4 is 9.64 Å². The Morgan fingerprint density at radius 2 is 1.69 bits per heavy atom. The van der Waals surface area contributed by atoms with Crippen LogP contribution in [-0.2, 0) is 9.59 Å². The number of ether oxygens (including phenoxy) is 1. The van der Waals surface area contributed by atoms with Gasteiger partial charge in [-0.1, -0.05) is 18.2 Å². The van der Waals surface area contributed by atoms with Crippen LogP contribution in [-0.4, -0.2) is 53.9 Å². The van der Waals surface area contributed by atoms with Crippen LogP contribution in [0, 0.1) is 0 Å². The highest BCUT2D eigenvalue weighted by molar-refractivity contribution is 5.87. The number of ketones is 1. The van der Waals surface area contributed by atoms with Gasteiger partial charge in [-0.25, -0.2) is 0 Å². The summed E-state index contributed by atoms with van der Waals surface area (Å²) in [5, 5.41) is 0. The smallest absolute Gasteiger partial charge is 0.313 e. The van der Waals surface area contributed by atoms with Crippen LogP contribution in [0.4, 0.5) is 5.69 Å². The molecular formula is C20H23N3O3. The lowest BCUT2D eigenvalue weighted by Crippen LogP contribution is -2.53. The molecule has 6 heteroatoms. The summed E-state index contributed by atoms with van der Waals surface area (Å²) in [6.45, 7) is 4.61. The number of para-hydroxylation sites is 1. The number of hydrogen-bond acceptors (Lipinski definition) is 6. The van der Waals surface area contributed by atoms with Crippen molar-refractivity contribution in [2.45, 2.75) is 19.4 Å². The van der Waals surface area contributed by atoms with Crippen molar-refractivity contribution < 1.29 is 14.3 Å². The standard InChI is InChI=1S/C20H23N3O3/c1-16(24)19(15-20(25)26-18-5-3-2-4-6-18)23-13-11-22(12-14-23)17-7-9-21-10-8-17/h2-10,19H,11-15H2,1H3. The molecule has 1 unspecified atom stereocenters. The highest BCUT2D eigenvalue weighted by Crippen LogP contribution is 2.18. The maximum Gasteiger partial charge on any atom is 0.313 e. The molecule has 1 aromatic carbocycles. The third-order valence-electron chi connectivity index (χ3n) is 4.59. The summed E-state index contributed by atoms with van der Waals surface area (Å²) in [5.74, 6) is 0.114. The molecule has 1 atom stereocenters. The lowest BCUT2D eigenvalue weighted by atomic mass is 10.1. The van der Waals surface area contributed by atoms with Crippen molar-refractivity contribution in [2.75, 3.05) is 31.1 Å². The fourth-order valence-electron chi connectivity index (χ4n) is 3.20. The van der Waals surface area contributed by atoms with E-state index in [-0.39, 0.29) is 18.2 Å². The molecule has 0 spiro atoms. The van der Waals surface area contributed by atoms with Crippen LogP contribution in [0.3, 0.4) is 0 Å². The molecule has 0 aliphatic carbocycles. The summed E-state index contributed by atoms with van der Waals surface area (Å²) in [7, 11) is 0. The van der Waals surface area contributed by atoms with Gasteiger partial charge in [0, 0.05) is 44.3 Å². The molecule has 26 heavy (non-hydrogen) atoms. The molecule has 3 rings (SSSR count). The average Bonchev–Trinajstić information content (AvgIpc) is 2.67. The van der Waals surface area contributed by atoms with E-state index < -0.39 is 6.04 Å². The molecule has 1 aliphatic heterocycles. The van der Waals surface area contributed by atoms with Gasteiger partial charge in [0.2, 0.25) is 0 Å². The van der Waals surface area contributed by atoms with Crippen LogP contribution >= 0.6 is 0 Å². The molecule has 1 aliphatic rings. The number of hydrogen-bond donors (Lipinski definition) is 0. The number of rotatable bonds is 6. The highest BCUT2D eigenvalue weighted by Gasteiger charge is 2.29. The van der Waals surface area contributed by atoms with Crippen LogP contribution in [0.25, 0.3) is 0 Å². The van der Waals surface area contributed by atoms with E-state index in [0.717, 1.165) is 31.9 Å². The topological polar surface area (TPSA) is 62.7 Å². The van der Waals surface area contributed by atoms with Gasteiger partial charge in [0.15, 0.2) is 0 Å². The van der Waals surface area contributed by atoms with Gasteiger partial charge in [-0.15, -0.1) is 0 Å². The summed E-state index contributed by atoms with van der Waals surface area (Å²) >= 11 is 0. The monoisotopic (exact) mass is 353 g/mol. The van der Waals surface area contributed by atoms with Crippen LogP contribution in [0.2, 0.25) is 0 Å². The van der Waals surface area contributed by atoms with E-state index in [0.29, 0.717) is 5.75 Å². The lowest BCUT2D eigenvalue weighted by molar-refractivity contribution is -0.138. The Morgan fingerprint density at radius 1 is 1.04 bits per heavy atom. The quantitative estimate of drug-likeness (QED) is 0.586. The third kappa shape index (κ3) is 4.67. The minimum Gasteiger partial charge on any atom is -0.426 e. The molecule has 2 heterocycles. The Labute approximate surface area is 153 Å². The van der Waals surface area contributed by atoms with Gasteiger partial charge in [-0.2, -0.15) is 0 Å². The van der Waals surface area contributed by atoms with E-state index in [1.54, 1.807) is 24.5 Å². The normalized spacial score (nSPS) is 16.1. The van der Waals surface area contributed by atoms with Gasteiger partial charge < -0.3 is 9.64 Å². The molecule has 6 nitrogen and oxygen atoms in total. The number of carbonyl (C=O) groups excluding carboxylic acids is 2. The first kappa shape index (κ1) is 18.1. The van der Waals surface area contributed by atoms with Crippen molar-refractivity contribution in [2.24, 2.45) is 0 Å². The Balaban J connectivity index is 1.57. The SMILES string of the molecule is CC(=O)C(CC(=O)Oc1ccccc1)N1CCN(c2ccncc2)CC1. The fourth-order valence-corrected chi connectivity index (χ4v) is 3.20. The van der Waals surface area contributed by atoms with Gasteiger partial charge in [-0.05, 0) is 31.2 Å². The second-order valence-corrected chi connectivity index (χ2v) is 6.35. The summed E-state index contributed by atoms with van der Waals surface area (Å²) < 4.78 is 5.34. The van der Waals surface area contributed by atoms with Gasteiger partial charge in [0.05, 0.1) is 12.5 Å². The number of benzene rings is 1. The zero-order chi connectivity index (χ0) is 18.4. The van der Waals surface area contributed by atoms with Crippen molar-refractivity contribution in [3.8, 4) is 5.75 Å². The molecule has 0 radical (unpaired) electrons. The van der Waals surface area contributed by atoms with Gasteiger partial charge in [-0.3, -0.25) is 19.5 Å². The predicted molar refractivity (Wildman–Crippen MR) is 99.2 cm³/mol. The molecule has 136 valence electrons. The van der Waals surface area contributed by atoms with Crippen molar-refractivity contribution >= 4 is 17.4 Å². The zero-order valence-electron chi connectivity index (χ0n) is 14.9. The van der Waals surface area contributed by atoms with Gasteiger partial charge in [0.1, 0.15) is 11.5 Å². The van der Waals surface area contributed by atoms with Gasteiger partial charge >= 0.3 is 5.97 Å². The van der Waals surface area contributed by atoms with Crippen molar-refractivity contribution in [1.82, 2.24) is 9.88 Å². The first-order valence-corrected chi connectivity index (χ1v) is 8.78. The molecular weight excluding hydrogens is 330 g/mol. The number of anilines is 1. The number of Topliss-reactive ketones (excluding diaryl/α,β-unsaturated/α-hetero) is 1.